The van der Waals surface area contributed by atoms with Gasteiger partial charge < -0.3 is 9.64 Å². The topological polar surface area (TPSA) is 62.7 Å². The molecular weight excluding hydrogens is 369 g/mol. The number of hydrogen-bond donors (Lipinski definition) is 0. The summed E-state index contributed by atoms with van der Waals surface area (Å²) in [4.78, 5) is 6.33. The average molecular weight is 393 g/mol. The lowest BCUT2D eigenvalue weighted by atomic mass is 10.2. The van der Waals surface area contributed by atoms with Crippen LogP contribution in [0.5, 0.6) is 5.75 Å². The predicted octanol–water partition coefficient (Wildman–Crippen LogP) is 3.04. The minimum absolute atomic E-state index is 0.201. The SMILES string of the molecule is COc1ccc(CN(C)c2ccc(S(=O)(=O)N3CCCCC3)cn2)cc1F. The molecule has 0 radical (unpaired) electrons. The van der Waals surface area contributed by atoms with E-state index >= 15 is 0 Å². The molecule has 0 atom stereocenters. The molecule has 0 bridgehead atoms. The molecule has 27 heavy (non-hydrogen) atoms. The number of ether oxygens (including phenoxy) is 1. The Balaban J connectivity index is 1.71. The van der Waals surface area contributed by atoms with Crippen LogP contribution in [-0.4, -0.2) is 45.0 Å². The predicted molar refractivity (Wildman–Crippen MR) is 102 cm³/mol. The minimum atomic E-state index is -3.49. The number of rotatable bonds is 6. The molecule has 0 aliphatic carbocycles. The minimum Gasteiger partial charge on any atom is -0.494 e. The molecule has 146 valence electrons. The largest absolute Gasteiger partial charge is 0.494 e. The Kier molecular flexibility index (Phi) is 5.96. The Morgan fingerprint density at radius 2 is 1.93 bits per heavy atom. The van der Waals surface area contributed by atoms with E-state index in [1.807, 2.05) is 11.9 Å². The highest BCUT2D eigenvalue weighted by Gasteiger charge is 2.26. The van der Waals surface area contributed by atoms with Gasteiger partial charge in [0.25, 0.3) is 0 Å². The number of methoxy groups -OCH3 is 1. The first kappa shape index (κ1) is 19.6. The number of anilines is 1. The summed E-state index contributed by atoms with van der Waals surface area (Å²) in [5.74, 6) is 0.398. The maximum Gasteiger partial charge on any atom is 0.244 e. The fourth-order valence-electron chi connectivity index (χ4n) is 3.17. The molecule has 1 aromatic carbocycles. The summed E-state index contributed by atoms with van der Waals surface area (Å²) in [6, 6.07) is 8.05. The van der Waals surface area contributed by atoms with Gasteiger partial charge in [-0.05, 0) is 42.7 Å². The summed E-state index contributed by atoms with van der Waals surface area (Å²) in [5.41, 5.74) is 0.766. The van der Waals surface area contributed by atoms with Crippen LogP contribution in [0.25, 0.3) is 0 Å². The first-order chi connectivity index (χ1) is 12.9. The van der Waals surface area contributed by atoms with Gasteiger partial charge in [0, 0.05) is 32.9 Å². The molecule has 2 heterocycles. The van der Waals surface area contributed by atoms with Gasteiger partial charge in [-0.1, -0.05) is 12.5 Å². The number of halogens is 1. The lowest BCUT2D eigenvalue weighted by Crippen LogP contribution is -2.35. The summed E-state index contributed by atoms with van der Waals surface area (Å²) < 4.78 is 45.6. The molecule has 0 amide bonds. The van der Waals surface area contributed by atoms with Gasteiger partial charge in [-0.25, -0.2) is 17.8 Å². The van der Waals surface area contributed by atoms with E-state index in [1.165, 1.54) is 23.7 Å². The monoisotopic (exact) mass is 393 g/mol. The van der Waals surface area contributed by atoms with Crippen molar-refractivity contribution in [2.24, 2.45) is 0 Å². The van der Waals surface area contributed by atoms with Crippen molar-refractivity contribution < 1.29 is 17.5 Å². The lowest BCUT2D eigenvalue weighted by molar-refractivity contribution is 0.346. The number of nitrogens with zero attached hydrogens (tertiary/aromatic N) is 3. The Hall–Kier alpha value is -2.19. The summed E-state index contributed by atoms with van der Waals surface area (Å²) in [6.45, 7) is 1.56. The normalized spacial score (nSPS) is 15.5. The van der Waals surface area contributed by atoms with Crippen molar-refractivity contribution in [1.82, 2.24) is 9.29 Å². The molecule has 0 unspecified atom stereocenters. The molecule has 0 N–H and O–H groups in total. The number of aromatic nitrogens is 1. The average Bonchev–Trinajstić information content (AvgIpc) is 2.69. The first-order valence-electron chi connectivity index (χ1n) is 8.91. The number of hydrogen-bond acceptors (Lipinski definition) is 5. The van der Waals surface area contributed by atoms with Crippen LogP contribution in [0.3, 0.4) is 0 Å². The third kappa shape index (κ3) is 4.39. The Bertz CT molecular complexity index is 882. The van der Waals surface area contributed by atoms with Crippen molar-refractivity contribution in [2.45, 2.75) is 30.7 Å². The Morgan fingerprint density at radius 1 is 1.19 bits per heavy atom. The molecule has 2 aromatic rings. The van der Waals surface area contributed by atoms with E-state index in [0.29, 0.717) is 25.5 Å². The van der Waals surface area contributed by atoms with Gasteiger partial charge in [0.1, 0.15) is 10.7 Å². The van der Waals surface area contributed by atoms with Gasteiger partial charge in [-0.15, -0.1) is 0 Å². The van der Waals surface area contributed by atoms with Crippen LogP contribution in [0.4, 0.5) is 10.2 Å². The van der Waals surface area contributed by atoms with Crippen molar-refractivity contribution in [3.05, 3.63) is 47.9 Å². The van der Waals surface area contributed by atoms with Crippen molar-refractivity contribution in [2.75, 3.05) is 32.1 Å². The van der Waals surface area contributed by atoms with Crippen LogP contribution in [0.15, 0.2) is 41.4 Å². The smallest absolute Gasteiger partial charge is 0.244 e. The molecule has 1 aromatic heterocycles. The zero-order valence-corrected chi connectivity index (χ0v) is 16.4. The quantitative estimate of drug-likeness (QED) is 0.755. The van der Waals surface area contributed by atoms with Crippen molar-refractivity contribution in [3.63, 3.8) is 0 Å². The first-order valence-corrected chi connectivity index (χ1v) is 10.4. The molecule has 1 saturated heterocycles. The Labute approximate surface area is 159 Å². The van der Waals surface area contributed by atoms with Crippen molar-refractivity contribution in [1.29, 1.82) is 0 Å². The molecule has 3 rings (SSSR count). The van der Waals surface area contributed by atoms with Crippen molar-refractivity contribution in [3.8, 4) is 5.75 Å². The zero-order valence-electron chi connectivity index (χ0n) is 15.6. The number of benzene rings is 1. The molecule has 1 fully saturated rings. The van der Waals surface area contributed by atoms with Crippen LogP contribution in [-0.2, 0) is 16.6 Å². The zero-order chi connectivity index (χ0) is 19.4. The van der Waals surface area contributed by atoms with Crippen LogP contribution in [0.2, 0.25) is 0 Å². The van der Waals surface area contributed by atoms with Gasteiger partial charge in [0.15, 0.2) is 11.6 Å². The molecule has 1 aliphatic heterocycles. The van der Waals surface area contributed by atoms with Crippen molar-refractivity contribution >= 4 is 15.8 Å². The van der Waals surface area contributed by atoms with E-state index in [0.717, 1.165) is 24.8 Å². The maximum atomic E-state index is 13.8. The fourth-order valence-corrected chi connectivity index (χ4v) is 4.63. The molecular formula is C19H24FN3O3S. The number of piperidine rings is 1. The summed E-state index contributed by atoms with van der Waals surface area (Å²) in [7, 11) is -0.241. The van der Waals surface area contributed by atoms with E-state index in [2.05, 4.69) is 4.98 Å². The lowest BCUT2D eigenvalue weighted by Gasteiger charge is -2.26. The molecule has 1 aliphatic rings. The maximum absolute atomic E-state index is 13.8. The molecule has 8 heteroatoms. The Morgan fingerprint density at radius 3 is 2.52 bits per heavy atom. The van der Waals surface area contributed by atoms with E-state index in [-0.39, 0.29) is 10.6 Å². The highest BCUT2D eigenvalue weighted by atomic mass is 32.2. The van der Waals surface area contributed by atoms with Gasteiger partial charge in [-0.3, -0.25) is 0 Å². The van der Waals surface area contributed by atoms with E-state index in [4.69, 9.17) is 4.74 Å². The van der Waals surface area contributed by atoms with Crippen LogP contribution in [0.1, 0.15) is 24.8 Å². The number of pyridine rings is 1. The van der Waals surface area contributed by atoms with Gasteiger partial charge in [0.2, 0.25) is 10.0 Å². The third-order valence-corrected chi connectivity index (χ3v) is 6.58. The highest BCUT2D eigenvalue weighted by Crippen LogP contribution is 2.23. The van der Waals surface area contributed by atoms with Gasteiger partial charge in [-0.2, -0.15) is 4.31 Å². The highest BCUT2D eigenvalue weighted by molar-refractivity contribution is 7.89. The fraction of sp³-hybridized carbons (Fsp3) is 0.421. The van der Waals surface area contributed by atoms with E-state index in [1.54, 1.807) is 24.3 Å². The summed E-state index contributed by atoms with van der Waals surface area (Å²) >= 11 is 0. The molecule has 0 saturated carbocycles. The summed E-state index contributed by atoms with van der Waals surface area (Å²) in [5, 5.41) is 0. The second-order valence-corrected chi connectivity index (χ2v) is 8.58. The van der Waals surface area contributed by atoms with E-state index in [9.17, 15) is 12.8 Å². The molecule has 6 nitrogen and oxygen atoms in total. The number of sulfonamides is 1. The standard InChI is InChI=1S/C19H24FN3O3S/c1-22(14-15-6-8-18(26-2)17(20)12-15)19-9-7-16(13-21-19)27(24,25)23-10-4-3-5-11-23/h6-9,12-13H,3-5,10-11,14H2,1-2H3. The van der Waals surface area contributed by atoms with Gasteiger partial charge >= 0.3 is 0 Å². The van der Waals surface area contributed by atoms with Crippen LogP contribution >= 0.6 is 0 Å². The third-order valence-electron chi connectivity index (χ3n) is 4.70. The van der Waals surface area contributed by atoms with Gasteiger partial charge in [0.05, 0.1) is 7.11 Å². The molecule has 0 spiro atoms. The second kappa shape index (κ2) is 8.22. The van der Waals surface area contributed by atoms with Crippen LogP contribution in [0, 0.1) is 5.82 Å². The summed E-state index contributed by atoms with van der Waals surface area (Å²) in [6.07, 6.45) is 4.25. The van der Waals surface area contributed by atoms with E-state index < -0.39 is 15.8 Å². The van der Waals surface area contributed by atoms with Crippen LogP contribution < -0.4 is 9.64 Å². The second-order valence-electron chi connectivity index (χ2n) is 6.64.